The summed E-state index contributed by atoms with van der Waals surface area (Å²) < 4.78 is 4.79. The summed E-state index contributed by atoms with van der Waals surface area (Å²) in [5.41, 5.74) is 6.57. The van der Waals surface area contributed by atoms with Crippen LogP contribution in [0.15, 0.2) is 18.3 Å². The van der Waals surface area contributed by atoms with Gasteiger partial charge >= 0.3 is 5.97 Å². The van der Waals surface area contributed by atoms with Crippen molar-refractivity contribution in [3.05, 3.63) is 29.6 Å². The van der Waals surface area contributed by atoms with Crippen molar-refractivity contribution < 1.29 is 9.53 Å². The van der Waals surface area contributed by atoms with E-state index in [0.717, 1.165) is 5.69 Å². The van der Waals surface area contributed by atoms with Crippen LogP contribution in [0.25, 0.3) is 0 Å². The molecule has 0 fully saturated rings. The monoisotopic (exact) mass is 180 g/mol. The summed E-state index contributed by atoms with van der Waals surface area (Å²) in [6.45, 7) is 2.51. The van der Waals surface area contributed by atoms with Gasteiger partial charge in [0.15, 0.2) is 0 Å². The molecule has 1 heterocycles. The van der Waals surface area contributed by atoms with Crippen LogP contribution in [0.3, 0.4) is 0 Å². The van der Waals surface area contributed by atoms with Gasteiger partial charge in [-0.2, -0.15) is 0 Å². The molecular formula is C9H12N2O2. The van der Waals surface area contributed by atoms with Gasteiger partial charge in [0.05, 0.1) is 17.9 Å². The molecular weight excluding hydrogens is 168 g/mol. The van der Waals surface area contributed by atoms with Gasteiger partial charge in [-0.15, -0.1) is 0 Å². The molecule has 0 atom stereocenters. The fourth-order valence-electron chi connectivity index (χ4n) is 0.880. The van der Waals surface area contributed by atoms with Gasteiger partial charge in [0, 0.05) is 12.7 Å². The van der Waals surface area contributed by atoms with Gasteiger partial charge in [-0.1, -0.05) is 0 Å². The Morgan fingerprint density at radius 1 is 1.62 bits per heavy atom. The predicted octanol–water partition coefficient (Wildman–Crippen LogP) is 0.717. The van der Waals surface area contributed by atoms with Crippen molar-refractivity contribution in [3.63, 3.8) is 0 Å². The number of carbonyl (C=O) groups is 1. The Labute approximate surface area is 76.7 Å². The number of aromatic nitrogens is 1. The van der Waals surface area contributed by atoms with Crippen molar-refractivity contribution in [1.29, 1.82) is 0 Å². The fraction of sp³-hybridized carbons (Fsp3) is 0.333. The molecule has 2 N–H and O–H groups in total. The summed E-state index contributed by atoms with van der Waals surface area (Å²) in [5.74, 6) is -0.349. The van der Waals surface area contributed by atoms with E-state index in [1.54, 1.807) is 19.1 Å². The van der Waals surface area contributed by atoms with Gasteiger partial charge in [0.1, 0.15) is 0 Å². The van der Waals surface area contributed by atoms with Crippen LogP contribution in [0.5, 0.6) is 0 Å². The number of hydrogen-bond donors (Lipinski definition) is 1. The third kappa shape index (κ3) is 2.52. The van der Waals surface area contributed by atoms with Gasteiger partial charge < -0.3 is 10.5 Å². The third-order valence-corrected chi connectivity index (χ3v) is 1.55. The van der Waals surface area contributed by atoms with E-state index >= 15 is 0 Å². The van der Waals surface area contributed by atoms with Crippen molar-refractivity contribution in [3.8, 4) is 0 Å². The van der Waals surface area contributed by atoms with Gasteiger partial charge in [-0.05, 0) is 19.1 Å². The zero-order valence-corrected chi connectivity index (χ0v) is 7.49. The lowest BCUT2D eigenvalue weighted by Crippen LogP contribution is -2.06. The van der Waals surface area contributed by atoms with E-state index in [2.05, 4.69) is 4.98 Å². The Balaban J connectivity index is 2.74. The maximum absolute atomic E-state index is 11.2. The van der Waals surface area contributed by atoms with Crippen molar-refractivity contribution in [2.45, 2.75) is 13.5 Å². The summed E-state index contributed by atoms with van der Waals surface area (Å²) in [7, 11) is 0. The predicted molar refractivity (Wildman–Crippen MR) is 48.1 cm³/mol. The van der Waals surface area contributed by atoms with Crippen LogP contribution in [0.4, 0.5) is 0 Å². The number of ether oxygens (including phenoxy) is 1. The Morgan fingerprint density at radius 2 is 2.38 bits per heavy atom. The largest absolute Gasteiger partial charge is 0.462 e. The van der Waals surface area contributed by atoms with Gasteiger partial charge in [0.25, 0.3) is 0 Å². The van der Waals surface area contributed by atoms with Crippen molar-refractivity contribution in [1.82, 2.24) is 4.98 Å². The first-order valence-corrected chi connectivity index (χ1v) is 4.10. The first-order chi connectivity index (χ1) is 6.27. The minimum atomic E-state index is -0.349. The Morgan fingerprint density at radius 3 is 2.85 bits per heavy atom. The SMILES string of the molecule is CCOC(=O)c1ccc(CN)nc1. The second-order valence-corrected chi connectivity index (χ2v) is 2.46. The number of hydrogen-bond acceptors (Lipinski definition) is 4. The highest BCUT2D eigenvalue weighted by molar-refractivity contribution is 5.88. The number of nitrogens with two attached hydrogens (primary N) is 1. The molecule has 0 aliphatic carbocycles. The van der Waals surface area contributed by atoms with E-state index < -0.39 is 0 Å². The van der Waals surface area contributed by atoms with Crippen LogP contribution >= 0.6 is 0 Å². The number of rotatable bonds is 3. The van der Waals surface area contributed by atoms with Crippen LogP contribution in [0.2, 0.25) is 0 Å². The van der Waals surface area contributed by atoms with E-state index in [4.69, 9.17) is 10.5 Å². The smallest absolute Gasteiger partial charge is 0.339 e. The third-order valence-electron chi connectivity index (χ3n) is 1.55. The number of nitrogens with zero attached hydrogens (tertiary/aromatic N) is 1. The molecule has 0 aromatic carbocycles. The molecule has 4 heteroatoms. The van der Waals surface area contributed by atoms with Crippen LogP contribution in [0.1, 0.15) is 23.0 Å². The molecule has 1 aromatic heterocycles. The van der Waals surface area contributed by atoms with E-state index in [9.17, 15) is 4.79 Å². The van der Waals surface area contributed by atoms with Crippen LogP contribution in [-0.2, 0) is 11.3 Å². The molecule has 0 saturated heterocycles. The van der Waals surface area contributed by atoms with Crippen molar-refractivity contribution in [2.75, 3.05) is 6.61 Å². The zero-order valence-electron chi connectivity index (χ0n) is 7.49. The Hall–Kier alpha value is -1.42. The molecule has 4 nitrogen and oxygen atoms in total. The molecule has 70 valence electrons. The summed E-state index contributed by atoms with van der Waals surface area (Å²) >= 11 is 0. The Bertz CT molecular complexity index is 282. The second kappa shape index (κ2) is 4.57. The highest BCUT2D eigenvalue weighted by atomic mass is 16.5. The van der Waals surface area contributed by atoms with E-state index in [0.29, 0.717) is 18.7 Å². The normalized spacial score (nSPS) is 9.69. The highest BCUT2D eigenvalue weighted by Crippen LogP contribution is 2.01. The Kier molecular flexibility index (Phi) is 3.40. The summed E-state index contributed by atoms with van der Waals surface area (Å²) in [4.78, 5) is 15.1. The zero-order chi connectivity index (χ0) is 9.68. The van der Waals surface area contributed by atoms with Crippen LogP contribution in [-0.4, -0.2) is 17.6 Å². The molecule has 0 aliphatic heterocycles. The van der Waals surface area contributed by atoms with E-state index in [-0.39, 0.29) is 5.97 Å². The minimum Gasteiger partial charge on any atom is -0.462 e. The van der Waals surface area contributed by atoms with Crippen LogP contribution < -0.4 is 5.73 Å². The molecule has 1 aromatic rings. The van der Waals surface area contributed by atoms with E-state index in [1.807, 2.05) is 0 Å². The lowest BCUT2D eigenvalue weighted by atomic mass is 10.2. The molecule has 13 heavy (non-hydrogen) atoms. The topological polar surface area (TPSA) is 65.2 Å². The first kappa shape index (κ1) is 9.67. The van der Waals surface area contributed by atoms with Crippen LogP contribution in [0, 0.1) is 0 Å². The molecule has 0 radical (unpaired) electrons. The lowest BCUT2D eigenvalue weighted by molar-refractivity contribution is 0.0526. The highest BCUT2D eigenvalue weighted by Gasteiger charge is 2.05. The second-order valence-electron chi connectivity index (χ2n) is 2.46. The molecule has 1 rings (SSSR count). The van der Waals surface area contributed by atoms with Gasteiger partial charge in [-0.3, -0.25) is 4.98 Å². The minimum absolute atomic E-state index is 0.349. The average molecular weight is 180 g/mol. The molecule has 0 spiro atoms. The average Bonchev–Trinajstić information content (AvgIpc) is 2.18. The molecule has 0 saturated carbocycles. The quantitative estimate of drug-likeness (QED) is 0.696. The number of esters is 1. The molecule has 0 amide bonds. The van der Waals surface area contributed by atoms with Crippen molar-refractivity contribution in [2.24, 2.45) is 5.73 Å². The lowest BCUT2D eigenvalue weighted by Gasteiger charge is -2.01. The fourth-order valence-corrected chi connectivity index (χ4v) is 0.880. The molecule has 0 bridgehead atoms. The maximum Gasteiger partial charge on any atom is 0.339 e. The number of carbonyl (C=O) groups excluding carboxylic acids is 1. The maximum atomic E-state index is 11.2. The first-order valence-electron chi connectivity index (χ1n) is 4.10. The van der Waals surface area contributed by atoms with E-state index in [1.165, 1.54) is 6.20 Å². The summed E-state index contributed by atoms with van der Waals surface area (Å²) in [5, 5.41) is 0. The molecule has 0 unspecified atom stereocenters. The van der Waals surface area contributed by atoms with Gasteiger partial charge in [-0.25, -0.2) is 4.79 Å². The summed E-state index contributed by atoms with van der Waals surface area (Å²) in [6, 6.07) is 3.37. The summed E-state index contributed by atoms with van der Waals surface area (Å²) in [6.07, 6.45) is 1.47. The molecule has 0 aliphatic rings. The van der Waals surface area contributed by atoms with Crippen molar-refractivity contribution >= 4 is 5.97 Å². The van der Waals surface area contributed by atoms with Gasteiger partial charge in [0.2, 0.25) is 0 Å². The standard InChI is InChI=1S/C9H12N2O2/c1-2-13-9(12)7-3-4-8(5-10)11-6-7/h3-4,6H,2,5,10H2,1H3. The number of pyridine rings is 1.